The van der Waals surface area contributed by atoms with Gasteiger partial charge in [0.15, 0.2) is 0 Å². The van der Waals surface area contributed by atoms with E-state index in [1.54, 1.807) is 0 Å². The fourth-order valence-corrected chi connectivity index (χ4v) is 2.02. The van der Waals surface area contributed by atoms with E-state index in [1.165, 1.54) is 0 Å². The molecule has 0 saturated carbocycles. The highest BCUT2D eigenvalue weighted by Gasteiger charge is 2.14. The first-order valence-electron chi connectivity index (χ1n) is 6.90. The molecule has 0 unspecified atom stereocenters. The molecular weight excluding hydrogens is 260 g/mol. The molecule has 0 atom stereocenters. The number of ether oxygens (including phenoxy) is 2. The van der Waals surface area contributed by atoms with Crippen LogP contribution in [0.3, 0.4) is 0 Å². The van der Waals surface area contributed by atoms with Gasteiger partial charge in [0.1, 0.15) is 11.5 Å². The number of benzene rings is 3. The molecule has 2 nitrogen and oxygen atoms in total. The molecule has 3 aromatic carbocycles. The van der Waals surface area contributed by atoms with Gasteiger partial charge in [0.25, 0.3) is 6.29 Å². The van der Waals surface area contributed by atoms with Gasteiger partial charge >= 0.3 is 0 Å². The molecule has 0 heterocycles. The lowest BCUT2D eigenvalue weighted by molar-refractivity contribution is 0.00382. The summed E-state index contributed by atoms with van der Waals surface area (Å²) in [6.45, 7) is 0. The third kappa shape index (κ3) is 3.63. The Morgan fingerprint density at radius 2 is 0.857 bits per heavy atom. The largest absolute Gasteiger partial charge is 0.451 e. The minimum atomic E-state index is -0.476. The van der Waals surface area contributed by atoms with E-state index in [0.717, 1.165) is 17.1 Å². The second-order valence-corrected chi connectivity index (χ2v) is 4.60. The maximum Gasteiger partial charge on any atom is 0.267 e. The van der Waals surface area contributed by atoms with Crippen molar-refractivity contribution < 1.29 is 9.47 Å². The zero-order valence-electron chi connectivity index (χ0n) is 11.6. The first-order chi connectivity index (χ1) is 10.4. The predicted molar refractivity (Wildman–Crippen MR) is 83.3 cm³/mol. The van der Waals surface area contributed by atoms with Gasteiger partial charge in [0.05, 0.1) is 0 Å². The topological polar surface area (TPSA) is 18.5 Å². The smallest absolute Gasteiger partial charge is 0.267 e. The molecule has 0 aromatic heterocycles. The van der Waals surface area contributed by atoms with Crippen LogP contribution in [0.4, 0.5) is 0 Å². The lowest BCUT2D eigenvalue weighted by atomic mass is 10.2. The monoisotopic (exact) mass is 276 g/mol. The zero-order chi connectivity index (χ0) is 14.3. The molecule has 0 aliphatic carbocycles. The zero-order valence-corrected chi connectivity index (χ0v) is 11.6. The molecule has 0 N–H and O–H groups in total. The highest BCUT2D eigenvalue weighted by Crippen LogP contribution is 2.25. The molecule has 0 aliphatic heterocycles. The van der Waals surface area contributed by atoms with E-state index in [0.29, 0.717) is 0 Å². The summed E-state index contributed by atoms with van der Waals surface area (Å²) in [5, 5.41) is 0. The normalized spacial score (nSPS) is 10.3. The summed E-state index contributed by atoms with van der Waals surface area (Å²) in [6.07, 6.45) is -0.476. The van der Waals surface area contributed by atoms with Crippen molar-refractivity contribution in [2.75, 3.05) is 0 Å². The van der Waals surface area contributed by atoms with E-state index in [9.17, 15) is 0 Å². The number of rotatable bonds is 5. The molecule has 0 amide bonds. The maximum atomic E-state index is 5.98. The molecule has 0 radical (unpaired) electrons. The van der Waals surface area contributed by atoms with Crippen molar-refractivity contribution in [2.24, 2.45) is 0 Å². The van der Waals surface area contributed by atoms with E-state index in [4.69, 9.17) is 9.47 Å². The molecule has 3 aromatic rings. The fraction of sp³-hybridized carbons (Fsp3) is 0.0526. The quantitative estimate of drug-likeness (QED) is 0.621. The van der Waals surface area contributed by atoms with Crippen molar-refractivity contribution in [1.29, 1.82) is 0 Å². The van der Waals surface area contributed by atoms with Crippen LogP contribution in [-0.2, 0) is 0 Å². The van der Waals surface area contributed by atoms with Crippen LogP contribution in [0.25, 0.3) is 0 Å². The van der Waals surface area contributed by atoms with Gasteiger partial charge in [0.2, 0.25) is 0 Å². The second kappa shape index (κ2) is 6.62. The Balaban J connectivity index is 1.84. The third-order valence-electron chi connectivity index (χ3n) is 3.04. The first-order valence-corrected chi connectivity index (χ1v) is 6.90. The van der Waals surface area contributed by atoms with E-state index in [1.807, 2.05) is 91.0 Å². The van der Waals surface area contributed by atoms with Crippen LogP contribution in [-0.4, -0.2) is 0 Å². The fourth-order valence-electron chi connectivity index (χ4n) is 2.02. The Bertz CT molecular complexity index is 609. The summed E-state index contributed by atoms with van der Waals surface area (Å²) < 4.78 is 12.0. The van der Waals surface area contributed by atoms with E-state index < -0.39 is 6.29 Å². The Morgan fingerprint density at radius 1 is 0.476 bits per heavy atom. The van der Waals surface area contributed by atoms with Gasteiger partial charge in [-0.15, -0.1) is 0 Å². The molecular formula is C19H16O2. The Morgan fingerprint density at radius 3 is 1.29 bits per heavy atom. The van der Waals surface area contributed by atoms with E-state index >= 15 is 0 Å². The van der Waals surface area contributed by atoms with Crippen LogP contribution in [0.5, 0.6) is 11.5 Å². The molecule has 0 spiro atoms. The van der Waals surface area contributed by atoms with Gasteiger partial charge in [-0.25, -0.2) is 0 Å². The van der Waals surface area contributed by atoms with Gasteiger partial charge in [-0.05, 0) is 24.3 Å². The summed E-state index contributed by atoms with van der Waals surface area (Å²) in [5.74, 6) is 1.56. The van der Waals surface area contributed by atoms with Crippen molar-refractivity contribution in [3.8, 4) is 11.5 Å². The van der Waals surface area contributed by atoms with Crippen LogP contribution in [0.1, 0.15) is 11.9 Å². The standard InChI is InChI=1S/C19H16O2/c1-4-10-16(11-5-1)19(20-17-12-6-2-7-13-17)21-18-14-8-3-9-15-18/h1-15,19H. The predicted octanol–water partition coefficient (Wildman–Crippen LogP) is 4.84. The molecule has 0 saturated heterocycles. The van der Waals surface area contributed by atoms with Crippen molar-refractivity contribution in [2.45, 2.75) is 6.29 Å². The molecule has 0 fully saturated rings. The van der Waals surface area contributed by atoms with Crippen LogP contribution in [0.2, 0.25) is 0 Å². The SMILES string of the molecule is c1ccc(OC(Oc2ccccc2)c2ccccc2)cc1. The van der Waals surface area contributed by atoms with Gasteiger partial charge in [-0.3, -0.25) is 0 Å². The molecule has 21 heavy (non-hydrogen) atoms. The minimum absolute atomic E-state index is 0.476. The average molecular weight is 276 g/mol. The molecule has 0 aliphatic rings. The van der Waals surface area contributed by atoms with Gasteiger partial charge in [-0.2, -0.15) is 0 Å². The van der Waals surface area contributed by atoms with Crippen molar-refractivity contribution in [3.05, 3.63) is 96.6 Å². The summed E-state index contributed by atoms with van der Waals surface area (Å²) in [5.41, 5.74) is 0.977. The third-order valence-corrected chi connectivity index (χ3v) is 3.04. The lowest BCUT2D eigenvalue weighted by Crippen LogP contribution is -2.14. The van der Waals surface area contributed by atoms with Gasteiger partial charge in [-0.1, -0.05) is 66.7 Å². The van der Waals surface area contributed by atoms with Crippen molar-refractivity contribution in [1.82, 2.24) is 0 Å². The summed E-state index contributed by atoms with van der Waals surface area (Å²) in [6, 6.07) is 29.3. The minimum Gasteiger partial charge on any atom is -0.451 e. The summed E-state index contributed by atoms with van der Waals surface area (Å²) in [7, 11) is 0. The highest BCUT2D eigenvalue weighted by atomic mass is 16.7. The Hall–Kier alpha value is -2.74. The van der Waals surface area contributed by atoms with Crippen LogP contribution < -0.4 is 9.47 Å². The molecule has 2 heteroatoms. The first kappa shape index (κ1) is 13.3. The molecule has 3 rings (SSSR count). The Labute approximate surface area is 124 Å². The highest BCUT2D eigenvalue weighted by molar-refractivity contribution is 5.26. The Kier molecular flexibility index (Phi) is 4.18. The average Bonchev–Trinajstić information content (AvgIpc) is 2.57. The van der Waals surface area contributed by atoms with Crippen LogP contribution in [0.15, 0.2) is 91.0 Å². The number of hydrogen-bond donors (Lipinski definition) is 0. The summed E-state index contributed by atoms with van der Waals surface area (Å²) >= 11 is 0. The van der Waals surface area contributed by atoms with Gasteiger partial charge in [0, 0.05) is 5.56 Å². The maximum absolute atomic E-state index is 5.98. The van der Waals surface area contributed by atoms with Crippen molar-refractivity contribution >= 4 is 0 Å². The van der Waals surface area contributed by atoms with E-state index in [2.05, 4.69) is 0 Å². The number of para-hydroxylation sites is 2. The molecule has 104 valence electrons. The van der Waals surface area contributed by atoms with Crippen molar-refractivity contribution in [3.63, 3.8) is 0 Å². The van der Waals surface area contributed by atoms with Gasteiger partial charge < -0.3 is 9.47 Å². The van der Waals surface area contributed by atoms with Crippen LogP contribution in [0, 0.1) is 0 Å². The second-order valence-electron chi connectivity index (χ2n) is 4.60. The van der Waals surface area contributed by atoms with E-state index in [-0.39, 0.29) is 0 Å². The summed E-state index contributed by atoms with van der Waals surface area (Å²) in [4.78, 5) is 0. The lowest BCUT2D eigenvalue weighted by Gasteiger charge is -2.20. The van der Waals surface area contributed by atoms with Crippen LogP contribution >= 0.6 is 0 Å². The number of hydrogen-bond acceptors (Lipinski definition) is 2. The molecule has 0 bridgehead atoms.